The Hall–Kier alpha value is -1.58. The lowest BCUT2D eigenvalue weighted by Crippen LogP contribution is -2.27. The van der Waals surface area contributed by atoms with Gasteiger partial charge in [-0.15, -0.1) is 12.4 Å². The van der Waals surface area contributed by atoms with Crippen molar-refractivity contribution < 1.29 is 9.13 Å². The van der Waals surface area contributed by atoms with Crippen molar-refractivity contribution in [2.45, 2.75) is 25.4 Å². The quantitative estimate of drug-likeness (QED) is 0.907. The van der Waals surface area contributed by atoms with E-state index in [-0.39, 0.29) is 18.2 Å². The molecule has 1 heterocycles. The molecule has 4 heteroatoms. The Balaban J connectivity index is 0.00000176. The van der Waals surface area contributed by atoms with Crippen LogP contribution in [0.15, 0.2) is 48.5 Å². The number of hydrogen-bond donors (Lipinski definition) is 1. The summed E-state index contributed by atoms with van der Waals surface area (Å²) >= 11 is 0. The Kier molecular flexibility index (Phi) is 6.22. The van der Waals surface area contributed by atoms with Gasteiger partial charge in [-0.05, 0) is 61.2 Å². The van der Waals surface area contributed by atoms with Gasteiger partial charge in [-0.1, -0.05) is 30.3 Å². The van der Waals surface area contributed by atoms with Crippen molar-refractivity contribution in [3.8, 4) is 5.75 Å². The van der Waals surface area contributed by atoms with E-state index in [4.69, 9.17) is 4.74 Å². The van der Waals surface area contributed by atoms with Crippen LogP contribution in [-0.4, -0.2) is 13.1 Å². The molecule has 118 valence electrons. The van der Waals surface area contributed by atoms with Crippen LogP contribution in [0.5, 0.6) is 5.75 Å². The first kappa shape index (κ1) is 16.8. The summed E-state index contributed by atoms with van der Waals surface area (Å²) in [7, 11) is 0. The van der Waals surface area contributed by atoms with Gasteiger partial charge >= 0.3 is 0 Å². The van der Waals surface area contributed by atoms with Crippen LogP contribution in [0.25, 0.3) is 0 Å². The highest BCUT2D eigenvalue weighted by Crippen LogP contribution is 2.30. The van der Waals surface area contributed by atoms with Gasteiger partial charge in [-0.3, -0.25) is 0 Å². The van der Waals surface area contributed by atoms with E-state index in [2.05, 4.69) is 5.32 Å². The van der Waals surface area contributed by atoms with Crippen LogP contribution in [0.4, 0.5) is 4.39 Å². The minimum absolute atomic E-state index is 0. The molecule has 3 rings (SSSR count). The van der Waals surface area contributed by atoms with E-state index in [1.165, 1.54) is 6.07 Å². The second-order valence-electron chi connectivity index (χ2n) is 5.48. The van der Waals surface area contributed by atoms with Crippen LogP contribution in [-0.2, 0) is 6.61 Å². The molecule has 2 aromatic rings. The van der Waals surface area contributed by atoms with Crippen LogP contribution in [0.2, 0.25) is 0 Å². The molecule has 2 aromatic carbocycles. The van der Waals surface area contributed by atoms with Gasteiger partial charge in [0, 0.05) is 0 Å². The number of rotatable bonds is 4. The summed E-state index contributed by atoms with van der Waals surface area (Å²) in [6.45, 7) is 2.43. The number of ether oxygens (including phenoxy) is 1. The Bertz CT molecular complexity index is 585. The zero-order valence-electron chi connectivity index (χ0n) is 12.4. The normalized spacial score (nSPS) is 15.1. The summed E-state index contributed by atoms with van der Waals surface area (Å²) in [5.74, 6) is 0.925. The summed E-state index contributed by atoms with van der Waals surface area (Å²) in [6, 6.07) is 15.1. The zero-order valence-corrected chi connectivity index (χ0v) is 13.2. The van der Waals surface area contributed by atoms with Crippen LogP contribution >= 0.6 is 12.4 Å². The smallest absolute Gasteiger partial charge is 0.126 e. The molecule has 2 nitrogen and oxygen atoms in total. The first-order valence-electron chi connectivity index (χ1n) is 7.50. The van der Waals surface area contributed by atoms with E-state index < -0.39 is 0 Å². The van der Waals surface area contributed by atoms with Crippen molar-refractivity contribution in [1.29, 1.82) is 0 Å². The van der Waals surface area contributed by atoms with Crippen molar-refractivity contribution in [2.75, 3.05) is 13.1 Å². The SMILES string of the molecule is Cl.Fc1ccc(OCc2ccccc2)cc1C1CCNCC1. The van der Waals surface area contributed by atoms with Gasteiger partial charge in [0.2, 0.25) is 0 Å². The van der Waals surface area contributed by atoms with Crippen molar-refractivity contribution in [1.82, 2.24) is 5.32 Å². The summed E-state index contributed by atoms with van der Waals surface area (Å²) < 4.78 is 19.8. The molecule has 1 aliphatic heterocycles. The molecule has 1 saturated heterocycles. The summed E-state index contributed by atoms with van der Waals surface area (Å²) in [5.41, 5.74) is 1.91. The molecular weight excluding hydrogens is 301 g/mol. The van der Waals surface area contributed by atoms with Crippen molar-refractivity contribution in [3.05, 3.63) is 65.5 Å². The third-order valence-electron chi connectivity index (χ3n) is 3.99. The molecular formula is C18H21ClFNO. The van der Waals surface area contributed by atoms with Gasteiger partial charge in [0.1, 0.15) is 18.2 Å². The first-order chi connectivity index (χ1) is 10.3. The predicted molar refractivity (Wildman–Crippen MR) is 89.3 cm³/mol. The fourth-order valence-corrected chi connectivity index (χ4v) is 2.80. The highest BCUT2D eigenvalue weighted by atomic mass is 35.5. The number of halogens is 2. The fraction of sp³-hybridized carbons (Fsp3) is 0.333. The molecule has 0 unspecified atom stereocenters. The lowest BCUT2D eigenvalue weighted by molar-refractivity contribution is 0.304. The molecule has 0 atom stereocenters. The van der Waals surface area contributed by atoms with Crippen LogP contribution < -0.4 is 10.1 Å². The van der Waals surface area contributed by atoms with Crippen molar-refractivity contribution >= 4 is 12.4 Å². The predicted octanol–water partition coefficient (Wildman–Crippen LogP) is 4.29. The molecule has 0 amide bonds. The van der Waals surface area contributed by atoms with Gasteiger partial charge in [0.25, 0.3) is 0 Å². The van der Waals surface area contributed by atoms with E-state index in [1.807, 2.05) is 36.4 Å². The summed E-state index contributed by atoms with van der Waals surface area (Å²) in [5, 5.41) is 3.31. The van der Waals surface area contributed by atoms with Gasteiger partial charge in [-0.25, -0.2) is 4.39 Å². The number of benzene rings is 2. The topological polar surface area (TPSA) is 21.3 Å². The molecule has 0 bridgehead atoms. The average Bonchev–Trinajstić information content (AvgIpc) is 2.56. The Morgan fingerprint density at radius 1 is 1.05 bits per heavy atom. The summed E-state index contributed by atoms with van der Waals surface area (Å²) in [4.78, 5) is 0. The maximum atomic E-state index is 14.0. The molecule has 22 heavy (non-hydrogen) atoms. The Morgan fingerprint density at radius 2 is 1.77 bits per heavy atom. The molecule has 0 aromatic heterocycles. The second kappa shape index (κ2) is 8.16. The highest BCUT2D eigenvalue weighted by molar-refractivity contribution is 5.85. The van der Waals surface area contributed by atoms with Crippen LogP contribution in [0, 0.1) is 5.82 Å². The maximum absolute atomic E-state index is 14.0. The number of nitrogens with one attached hydrogen (secondary N) is 1. The molecule has 0 radical (unpaired) electrons. The largest absolute Gasteiger partial charge is 0.489 e. The molecule has 0 saturated carbocycles. The fourth-order valence-electron chi connectivity index (χ4n) is 2.80. The van der Waals surface area contributed by atoms with Gasteiger partial charge < -0.3 is 10.1 Å². The average molecular weight is 322 g/mol. The number of piperidine rings is 1. The zero-order chi connectivity index (χ0) is 14.5. The maximum Gasteiger partial charge on any atom is 0.126 e. The Morgan fingerprint density at radius 3 is 2.50 bits per heavy atom. The van der Waals surface area contributed by atoms with E-state index in [0.29, 0.717) is 12.5 Å². The molecule has 1 aliphatic rings. The van der Waals surface area contributed by atoms with E-state index in [1.54, 1.807) is 6.07 Å². The van der Waals surface area contributed by atoms with E-state index in [0.717, 1.165) is 42.8 Å². The molecule has 0 aliphatic carbocycles. The third kappa shape index (κ3) is 4.21. The molecule has 1 fully saturated rings. The second-order valence-corrected chi connectivity index (χ2v) is 5.48. The van der Waals surface area contributed by atoms with Crippen molar-refractivity contribution in [2.24, 2.45) is 0 Å². The van der Waals surface area contributed by atoms with Gasteiger partial charge in [0.05, 0.1) is 0 Å². The highest BCUT2D eigenvalue weighted by Gasteiger charge is 2.19. The van der Waals surface area contributed by atoms with Crippen molar-refractivity contribution in [3.63, 3.8) is 0 Å². The first-order valence-corrected chi connectivity index (χ1v) is 7.50. The molecule has 0 spiro atoms. The standard InChI is InChI=1S/C18H20FNO.ClH/c19-18-7-6-16(21-13-14-4-2-1-3-5-14)12-17(18)15-8-10-20-11-9-15;/h1-7,12,15,20H,8-11,13H2;1H. The monoisotopic (exact) mass is 321 g/mol. The van der Waals surface area contributed by atoms with Gasteiger partial charge in [-0.2, -0.15) is 0 Å². The minimum atomic E-state index is -0.117. The number of hydrogen-bond acceptors (Lipinski definition) is 2. The van der Waals surface area contributed by atoms with Crippen LogP contribution in [0.3, 0.4) is 0 Å². The van der Waals surface area contributed by atoms with E-state index in [9.17, 15) is 4.39 Å². The lowest BCUT2D eigenvalue weighted by atomic mass is 9.90. The third-order valence-corrected chi connectivity index (χ3v) is 3.99. The summed E-state index contributed by atoms with van der Waals surface area (Å²) in [6.07, 6.45) is 1.97. The van der Waals surface area contributed by atoms with Crippen LogP contribution in [0.1, 0.15) is 29.9 Å². The minimum Gasteiger partial charge on any atom is -0.489 e. The lowest BCUT2D eigenvalue weighted by Gasteiger charge is -2.23. The molecule has 1 N–H and O–H groups in total. The Labute approximate surface area is 137 Å². The van der Waals surface area contributed by atoms with Gasteiger partial charge in [0.15, 0.2) is 0 Å². The van der Waals surface area contributed by atoms with E-state index >= 15 is 0 Å².